The van der Waals surface area contributed by atoms with Crippen LogP contribution in [0.5, 0.6) is 11.5 Å². The van der Waals surface area contributed by atoms with Crippen LogP contribution < -0.4 is 4.74 Å². The monoisotopic (exact) mass is 326 g/mol. The summed E-state index contributed by atoms with van der Waals surface area (Å²) in [6.45, 7) is 9.20. The Morgan fingerprint density at radius 3 is 2.67 bits per heavy atom. The number of aromatic hydroxyl groups is 1. The van der Waals surface area contributed by atoms with E-state index in [2.05, 4.69) is 27.7 Å². The molecule has 0 radical (unpaired) electrons. The van der Waals surface area contributed by atoms with E-state index in [0.717, 1.165) is 36.1 Å². The van der Waals surface area contributed by atoms with E-state index >= 15 is 0 Å². The van der Waals surface area contributed by atoms with Gasteiger partial charge in [-0.25, -0.2) is 0 Å². The second-order valence-electron chi connectivity index (χ2n) is 9.43. The average molecular weight is 326 g/mol. The first-order valence-corrected chi connectivity index (χ1v) is 9.25. The summed E-state index contributed by atoms with van der Waals surface area (Å²) in [5.41, 5.74) is 1.47. The fourth-order valence-electron chi connectivity index (χ4n) is 7.21. The molecule has 4 aliphatic rings. The van der Waals surface area contributed by atoms with Crippen LogP contribution in [-0.4, -0.2) is 16.5 Å². The molecule has 1 aliphatic heterocycles. The van der Waals surface area contributed by atoms with Crippen molar-refractivity contribution in [2.45, 2.75) is 70.8 Å². The number of carbonyl (C=O) groups excluding carboxylic acids is 1. The zero-order chi connectivity index (χ0) is 17.1. The fraction of sp³-hybridized carbons (Fsp3) is 0.667. The minimum Gasteiger partial charge on any atom is -0.508 e. The standard InChI is InChI=1S/C21H26O3/c1-12-7-8-19(3)20(4)9-13(22)10-21(19)17-14(11-18(12,21)2)15(23)5-6-16(17)24-20/h5-6,12,23H,7-11H2,1-4H3/t12-,18+,19+,20-,21+/m0/s1. The van der Waals surface area contributed by atoms with Gasteiger partial charge in [-0.1, -0.05) is 20.8 Å². The minimum atomic E-state index is -0.449. The highest BCUT2D eigenvalue weighted by molar-refractivity contribution is 5.85. The number of ether oxygens (including phenoxy) is 1. The highest BCUT2D eigenvalue weighted by atomic mass is 16.5. The van der Waals surface area contributed by atoms with Gasteiger partial charge >= 0.3 is 0 Å². The molecule has 128 valence electrons. The molecule has 1 heterocycles. The van der Waals surface area contributed by atoms with Crippen molar-refractivity contribution in [2.24, 2.45) is 16.7 Å². The topological polar surface area (TPSA) is 46.5 Å². The normalized spacial score (nSPS) is 48.0. The summed E-state index contributed by atoms with van der Waals surface area (Å²) in [6.07, 6.45) is 4.21. The molecule has 1 aromatic carbocycles. The molecule has 0 unspecified atom stereocenters. The van der Waals surface area contributed by atoms with E-state index in [1.165, 1.54) is 0 Å². The van der Waals surface area contributed by atoms with Crippen LogP contribution in [0.3, 0.4) is 0 Å². The van der Waals surface area contributed by atoms with Crippen LogP contribution in [0.15, 0.2) is 12.1 Å². The van der Waals surface area contributed by atoms with Gasteiger partial charge in [0, 0.05) is 34.8 Å². The second-order valence-corrected chi connectivity index (χ2v) is 9.43. The molecule has 5 atom stereocenters. The number of benzene rings is 1. The predicted molar refractivity (Wildman–Crippen MR) is 91.4 cm³/mol. The van der Waals surface area contributed by atoms with Crippen molar-refractivity contribution in [3.63, 3.8) is 0 Å². The highest BCUT2D eigenvalue weighted by Crippen LogP contribution is 2.78. The summed E-state index contributed by atoms with van der Waals surface area (Å²) in [5.74, 6) is 2.13. The van der Waals surface area contributed by atoms with Crippen molar-refractivity contribution < 1.29 is 14.6 Å². The van der Waals surface area contributed by atoms with Crippen LogP contribution >= 0.6 is 0 Å². The van der Waals surface area contributed by atoms with Gasteiger partial charge in [0.2, 0.25) is 0 Å². The molecule has 3 nitrogen and oxygen atoms in total. The molecule has 0 saturated heterocycles. The number of phenols is 1. The van der Waals surface area contributed by atoms with Gasteiger partial charge in [-0.2, -0.15) is 0 Å². The van der Waals surface area contributed by atoms with Gasteiger partial charge in [-0.3, -0.25) is 4.79 Å². The first-order chi connectivity index (χ1) is 11.2. The van der Waals surface area contributed by atoms with Crippen molar-refractivity contribution in [3.05, 3.63) is 23.3 Å². The first kappa shape index (κ1) is 14.8. The molecular weight excluding hydrogens is 300 g/mol. The minimum absolute atomic E-state index is 0.00294. The van der Waals surface area contributed by atoms with E-state index < -0.39 is 5.60 Å². The molecule has 0 amide bonds. The first-order valence-electron chi connectivity index (χ1n) is 9.25. The van der Waals surface area contributed by atoms with Crippen LogP contribution in [-0.2, 0) is 16.6 Å². The third-order valence-corrected chi connectivity index (χ3v) is 8.80. The van der Waals surface area contributed by atoms with Gasteiger partial charge in [0.05, 0.1) is 0 Å². The molecule has 5 rings (SSSR count). The molecule has 2 bridgehead atoms. The zero-order valence-corrected chi connectivity index (χ0v) is 15.0. The van der Waals surface area contributed by atoms with Gasteiger partial charge in [0.15, 0.2) is 0 Å². The summed E-state index contributed by atoms with van der Waals surface area (Å²) in [7, 11) is 0. The number of carbonyl (C=O) groups is 1. The maximum atomic E-state index is 12.8. The smallest absolute Gasteiger partial charge is 0.137 e. The van der Waals surface area contributed by atoms with E-state index in [4.69, 9.17) is 4.74 Å². The lowest BCUT2D eigenvalue weighted by atomic mass is 9.35. The van der Waals surface area contributed by atoms with Crippen molar-refractivity contribution >= 4 is 5.78 Å². The molecular formula is C21H26O3. The molecule has 2 saturated carbocycles. The van der Waals surface area contributed by atoms with Gasteiger partial charge in [0.25, 0.3) is 0 Å². The molecule has 2 fully saturated rings. The summed E-state index contributed by atoms with van der Waals surface area (Å²) in [4.78, 5) is 12.8. The maximum absolute atomic E-state index is 12.8. The van der Waals surface area contributed by atoms with E-state index in [-0.39, 0.29) is 16.2 Å². The number of rotatable bonds is 0. The molecule has 3 heteroatoms. The summed E-state index contributed by atoms with van der Waals surface area (Å²) >= 11 is 0. The Kier molecular flexibility index (Phi) is 2.37. The Morgan fingerprint density at radius 1 is 1.17 bits per heavy atom. The van der Waals surface area contributed by atoms with Crippen molar-refractivity contribution in [1.29, 1.82) is 0 Å². The largest absolute Gasteiger partial charge is 0.508 e. The molecule has 1 aromatic rings. The van der Waals surface area contributed by atoms with Gasteiger partial charge in [-0.15, -0.1) is 0 Å². The van der Waals surface area contributed by atoms with Crippen LogP contribution in [0.4, 0.5) is 0 Å². The molecule has 1 spiro atoms. The summed E-state index contributed by atoms with van der Waals surface area (Å²) in [6, 6.07) is 3.70. The summed E-state index contributed by atoms with van der Waals surface area (Å²) < 4.78 is 6.54. The second kappa shape index (κ2) is 3.84. The van der Waals surface area contributed by atoms with Gasteiger partial charge in [0.1, 0.15) is 22.9 Å². The Hall–Kier alpha value is -1.51. The van der Waals surface area contributed by atoms with Crippen molar-refractivity contribution in [2.75, 3.05) is 0 Å². The predicted octanol–water partition coefficient (Wildman–Crippen LogP) is 4.14. The third kappa shape index (κ3) is 1.20. The van der Waals surface area contributed by atoms with Crippen molar-refractivity contribution in [1.82, 2.24) is 0 Å². The lowest BCUT2D eigenvalue weighted by Crippen LogP contribution is -2.73. The van der Waals surface area contributed by atoms with E-state index in [0.29, 0.717) is 30.3 Å². The Morgan fingerprint density at radius 2 is 1.92 bits per heavy atom. The lowest BCUT2D eigenvalue weighted by molar-refractivity contribution is -0.206. The summed E-state index contributed by atoms with van der Waals surface area (Å²) in [5, 5.41) is 10.6. The third-order valence-electron chi connectivity index (χ3n) is 8.80. The van der Waals surface area contributed by atoms with E-state index in [1.54, 1.807) is 6.07 Å². The fourth-order valence-corrected chi connectivity index (χ4v) is 7.21. The highest BCUT2D eigenvalue weighted by Gasteiger charge is 2.77. The lowest BCUT2D eigenvalue weighted by Gasteiger charge is -2.70. The van der Waals surface area contributed by atoms with Crippen LogP contribution in [0.1, 0.15) is 64.5 Å². The Balaban J connectivity index is 1.95. The quantitative estimate of drug-likeness (QED) is 0.779. The van der Waals surface area contributed by atoms with E-state index in [9.17, 15) is 9.90 Å². The van der Waals surface area contributed by atoms with Crippen molar-refractivity contribution in [3.8, 4) is 11.5 Å². The van der Waals surface area contributed by atoms with E-state index in [1.807, 2.05) is 6.07 Å². The Labute approximate surface area is 143 Å². The molecule has 1 N–H and O–H groups in total. The maximum Gasteiger partial charge on any atom is 0.137 e. The number of hydrogen-bond donors (Lipinski definition) is 1. The molecule has 24 heavy (non-hydrogen) atoms. The van der Waals surface area contributed by atoms with Gasteiger partial charge in [-0.05, 0) is 49.7 Å². The number of hydrogen-bond acceptors (Lipinski definition) is 3. The number of Topliss-reactive ketones (excluding diaryl/α,β-unsaturated/α-hetero) is 1. The van der Waals surface area contributed by atoms with Crippen LogP contribution in [0.25, 0.3) is 0 Å². The van der Waals surface area contributed by atoms with Crippen LogP contribution in [0, 0.1) is 16.7 Å². The van der Waals surface area contributed by atoms with Gasteiger partial charge < -0.3 is 9.84 Å². The average Bonchev–Trinajstić information content (AvgIpc) is 2.77. The van der Waals surface area contributed by atoms with Crippen LogP contribution in [0.2, 0.25) is 0 Å². The number of phenolic OH excluding ortho intramolecular Hbond substituents is 1. The molecule has 0 aromatic heterocycles. The zero-order valence-electron chi connectivity index (χ0n) is 15.0. The molecule has 3 aliphatic carbocycles. The SMILES string of the molecule is C[C@H]1CC[C@@]2(C)[C@]34CC(=O)C[C@]2(C)Oc2ccc(O)c(c23)C[C@]14C. The number of ketones is 1. The Bertz CT molecular complexity index is 799.